The van der Waals surface area contributed by atoms with Gasteiger partial charge in [-0.05, 0) is 93.7 Å². The third kappa shape index (κ3) is 16.3. The van der Waals surface area contributed by atoms with Crippen LogP contribution in [0.25, 0.3) is 0 Å². The Hall–Kier alpha value is -1.42. The zero-order valence-corrected chi connectivity index (χ0v) is 37.8. The first-order valence-electron chi connectivity index (χ1n) is 20.9. The van der Waals surface area contributed by atoms with Crippen LogP contribution >= 0.6 is 30.9 Å². The normalized spacial score (nSPS) is 11.9. The molecule has 0 aliphatic carbocycles. The van der Waals surface area contributed by atoms with Crippen LogP contribution in [0.4, 0.5) is 0 Å². The van der Waals surface area contributed by atoms with Crippen LogP contribution in [0.2, 0.25) is 0 Å². The number of hydrogen-bond donors (Lipinski definition) is 0. The molecule has 0 fully saturated rings. The maximum absolute atomic E-state index is 15.2. The van der Waals surface area contributed by atoms with E-state index in [1.165, 1.54) is 130 Å². The molecule has 4 nitrogen and oxygen atoms in total. The topological polar surface area (TPSA) is 44.8 Å². The van der Waals surface area contributed by atoms with E-state index in [9.17, 15) is 0 Å². The highest BCUT2D eigenvalue weighted by Crippen LogP contribution is 2.49. The van der Waals surface area contributed by atoms with Crippen molar-refractivity contribution in [2.24, 2.45) is 0 Å². The minimum Gasteiger partial charge on any atom is -0.485 e. The molecule has 8 heteroatoms. The maximum atomic E-state index is 15.2. The summed E-state index contributed by atoms with van der Waals surface area (Å²) >= 11 is 0. The van der Waals surface area contributed by atoms with Crippen LogP contribution in [0.5, 0.6) is 17.2 Å². The van der Waals surface area contributed by atoms with Crippen molar-refractivity contribution < 1.29 is 18.8 Å². The second-order valence-electron chi connectivity index (χ2n) is 14.4. The smallest absolute Gasteiger partial charge is 0.194 e. The van der Waals surface area contributed by atoms with Gasteiger partial charge in [0, 0.05) is 15.9 Å². The number of para-hydroxylation sites is 3. The Balaban J connectivity index is 1.95. The van der Waals surface area contributed by atoms with E-state index in [0.717, 1.165) is 17.2 Å². The molecule has 0 radical (unpaired) electrons. The van der Waals surface area contributed by atoms with E-state index in [0.29, 0.717) is 0 Å². The van der Waals surface area contributed by atoms with E-state index >= 15 is 4.57 Å². The van der Waals surface area contributed by atoms with Gasteiger partial charge < -0.3 is 18.8 Å². The summed E-state index contributed by atoms with van der Waals surface area (Å²) in [5.74, 6) is 2.66. The molecule has 0 unspecified atom stereocenters. The predicted octanol–water partition coefficient (Wildman–Crippen LogP) is 13.6. The van der Waals surface area contributed by atoms with Crippen LogP contribution in [0, 0.1) is 0 Å². The summed E-state index contributed by atoms with van der Waals surface area (Å²) in [6.45, 7) is 13.6. The van der Waals surface area contributed by atoms with E-state index in [4.69, 9.17) is 14.2 Å². The Labute approximate surface area is 329 Å². The second kappa shape index (κ2) is 27.2. The summed E-state index contributed by atoms with van der Waals surface area (Å²) < 4.78 is 35.3. The highest BCUT2D eigenvalue weighted by atomic mass is 31.2. The van der Waals surface area contributed by atoms with Crippen molar-refractivity contribution in [2.75, 3.05) is 56.0 Å². The van der Waals surface area contributed by atoms with Gasteiger partial charge in [-0.15, -0.1) is 0 Å². The van der Waals surface area contributed by atoms with Gasteiger partial charge in [0.25, 0.3) is 0 Å². The highest BCUT2D eigenvalue weighted by Gasteiger charge is 2.29. The Bertz CT molecular complexity index is 1260. The molecule has 0 N–H and O–H groups in total. The van der Waals surface area contributed by atoms with Crippen LogP contribution in [0.3, 0.4) is 0 Å². The van der Waals surface area contributed by atoms with Crippen LogP contribution < -0.4 is 30.1 Å². The number of rotatable bonds is 30. The summed E-state index contributed by atoms with van der Waals surface area (Å²) in [5, 5.41) is 3.93. The number of benzene rings is 3. The van der Waals surface area contributed by atoms with Crippen LogP contribution in [-0.2, 0) is 4.57 Å². The molecule has 296 valence electrons. The first kappa shape index (κ1) is 46.0. The van der Waals surface area contributed by atoms with E-state index in [1.807, 2.05) is 0 Å². The van der Waals surface area contributed by atoms with Gasteiger partial charge in [-0.25, -0.2) is 0 Å². The third-order valence-corrected chi connectivity index (χ3v) is 19.8. The van der Waals surface area contributed by atoms with Gasteiger partial charge >= 0.3 is 0 Å². The number of ether oxygens (including phenoxy) is 3. The lowest BCUT2D eigenvalue weighted by molar-refractivity contribution is 0.321. The molecule has 53 heavy (non-hydrogen) atoms. The summed E-state index contributed by atoms with van der Waals surface area (Å²) in [4.78, 5) is 0. The molecule has 0 aliphatic rings. The fourth-order valence-corrected chi connectivity index (χ4v) is 16.2. The van der Waals surface area contributed by atoms with E-state index in [2.05, 4.69) is 114 Å². The van der Waals surface area contributed by atoms with Crippen molar-refractivity contribution in [2.45, 2.75) is 119 Å². The Morgan fingerprint density at radius 1 is 0.396 bits per heavy atom. The molecule has 0 spiro atoms. The quantitative estimate of drug-likeness (QED) is 0.0630. The summed E-state index contributed by atoms with van der Waals surface area (Å²) in [6, 6.07) is 25.6. The molecule has 0 aliphatic heterocycles. The van der Waals surface area contributed by atoms with Gasteiger partial charge in [0.15, 0.2) is 7.14 Å². The van der Waals surface area contributed by atoms with Crippen molar-refractivity contribution >= 4 is 46.8 Å². The van der Waals surface area contributed by atoms with Gasteiger partial charge in [-0.2, -0.15) is 0 Å². The summed E-state index contributed by atoms with van der Waals surface area (Å²) in [5.41, 5.74) is 0. The van der Waals surface area contributed by atoms with Crippen molar-refractivity contribution in [1.29, 1.82) is 0 Å². The average Bonchev–Trinajstić information content (AvgIpc) is 3.19. The molecule has 3 aromatic rings. The molecule has 0 bridgehead atoms. The molecular weight excluding hydrogens is 728 g/mol. The Morgan fingerprint density at radius 3 is 0.849 bits per heavy atom. The van der Waals surface area contributed by atoms with E-state index in [1.54, 1.807) is 0 Å². The second-order valence-corrected chi connectivity index (χ2v) is 24.6. The Morgan fingerprint density at radius 2 is 0.623 bits per heavy atom. The SMILES string of the molecule is CCCCP(CCCC)c1ccccc1OCP(=O)(COc1ccccc1P(CCCC)CCCC)COc1ccccc1P(CCCC)CCCC. The van der Waals surface area contributed by atoms with Crippen molar-refractivity contribution in [1.82, 2.24) is 0 Å². The fraction of sp³-hybridized carbons (Fsp3) is 0.600. The third-order valence-electron chi connectivity index (χ3n) is 9.67. The minimum absolute atomic E-state index is 0.0972. The zero-order valence-electron chi connectivity index (χ0n) is 34.2. The molecule has 0 amide bonds. The van der Waals surface area contributed by atoms with Crippen LogP contribution in [0.1, 0.15) is 119 Å². The van der Waals surface area contributed by atoms with Gasteiger partial charge in [-0.3, -0.25) is 0 Å². The minimum atomic E-state index is -3.14. The monoisotopic (exact) mass is 800 g/mol. The lowest BCUT2D eigenvalue weighted by atomic mass is 10.3. The van der Waals surface area contributed by atoms with Gasteiger partial charge in [-0.1, -0.05) is 158 Å². The molecule has 0 heterocycles. The van der Waals surface area contributed by atoms with Gasteiger partial charge in [0.05, 0.1) is 0 Å². The lowest BCUT2D eigenvalue weighted by Crippen LogP contribution is -2.19. The van der Waals surface area contributed by atoms with E-state index in [-0.39, 0.29) is 42.8 Å². The molecule has 0 atom stereocenters. The Kier molecular flexibility index (Phi) is 23.6. The van der Waals surface area contributed by atoms with Crippen molar-refractivity contribution in [3.05, 3.63) is 72.8 Å². The average molecular weight is 801 g/mol. The summed E-state index contributed by atoms with van der Waals surface area (Å²) in [7, 11) is -4.16. The van der Waals surface area contributed by atoms with E-state index < -0.39 is 7.14 Å². The molecule has 0 aromatic heterocycles. The van der Waals surface area contributed by atoms with Crippen molar-refractivity contribution in [3.8, 4) is 17.2 Å². The van der Waals surface area contributed by atoms with Crippen LogP contribution in [0.15, 0.2) is 72.8 Å². The number of unbranched alkanes of at least 4 members (excludes halogenated alkanes) is 6. The molecular formula is C45H72O4P4. The molecule has 3 aromatic carbocycles. The van der Waals surface area contributed by atoms with Gasteiger partial charge in [0.2, 0.25) is 0 Å². The molecule has 3 rings (SSSR count). The largest absolute Gasteiger partial charge is 0.485 e. The molecule has 0 saturated carbocycles. The molecule has 0 saturated heterocycles. The van der Waals surface area contributed by atoms with Crippen molar-refractivity contribution in [3.63, 3.8) is 0 Å². The zero-order chi connectivity index (χ0) is 38.2. The predicted molar refractivity (Wildman–Crippen MR) is 242 cm³/mol. The van der Waals surface area contributed by atoms with Crippen LogP contribution in [-0.4, -0.2) is 56.0 Å². The maximum Gasteiger partial charge on any atom is 0.194 e. The fourth-order valence-electron chi connectivity index (χ4n) is 6.35. The standard InChI is InChI=1S/C45H72O4P4/c1-7-13-31-50(32-14-8-2)43-28-22-19-25-40(43)47-37-53(46,38-48-41-26-20-23-29-44(41)51(33-15-9-3)34-16-10-4)39-49-42-27-21-24-30-45(42)52(35-17-11-5)36-18-12-6/h19-30H,7-18,31-39H2,1-6H3. The van der Waals surface area contributed by atoms with Gasteiger partial charge in [0.1, 0.15) is 36.3 Å². The first-order valence-corrected chi connectivity index (χ1v) is 28.3. The summed E-state index contributed by atoms with van der Waals surface area (Å²) in [6.07, 6.45) is 22.1. The lowest BCUT2D eigenvalue weighted by Gasteiger charge is -2.26. The first-order chi connectivity index (χ1) is 25.9. The highest BCUT2D eigenvalue weighted by molar-refractivity contribution is 7.66. The number of hydrogen-bond acceptors (Lipinski definition) is 4.